The van der Waals surface area contributed by atoms with Crippen molar-refractivity contribution in [1.29, 1.82) is 0 Å². The molecule has 5 heteroatoms. The number of benzene rings is 1. The summed E-state index contributed by atoms with van der Waals surface area (Å²) in [5.74, 6) is 0. The van der Waals surface area contributed by atoms with Crippen molar-refractivity contribution >= 4 is 0 Å². The molecule has 1 aromatic carbocycles. The van der Waals surface area contributed by atoms with E-state index in [0.717, 1.165) is 12.0 Å². The van der Waals surface area contributed by atoms with Crippen LogP contribution in [0.15, 0.2) is 35.4 Å². The molecule has 1 N–H and O–H groups in total. The Morgan fingerprint density at radius 2 is 2.11 bits per heavy atom. The van der Waals surface area contributed by atoms with Gasteiger partial charge in [-0.3, -0.25) is 0 Å². The van der Waals surface area contributed by atoms with Gasteiger partial charge in [0, 0.05) is 4.91 Å². The highest BCUT2D eigenvalue weighted by Gasteiger charge is 2.16. The summed E-state index contributed by atoms with van der Waals surface area (Å²) in [5, 5.41) is 13.4. The minimum absolute atomic E-state index is 0.179. The van der Waals surface area contributed by atoms with Crippen LogP contribution < -0.4 is 0 Å². The first kappa shape index (κ1) is 14.5. The maximum atomic E-state index is 9.86. The van der Waals surface area contributed by atoms with Gasteiger partial charge in [-0.1, -0.05) is 48.8 Å². The average Bonchev–Trinajstić information content (AvgIpc) is 2.39. The molecule has 2 atom stereocenters. The molecule has 0 saturated heterocycles. The van der Waals surface area contributed by atoms with Gasteiger partial charge in [0.1, 0.15) is 0 Å². The number of ether oxygens (including phenoxy) is 1. The SMILES string of the molecule is CCC[C@H](N=[N+]=[N-])[C@@H](O)COCc1ccccc1. The fourth-order valence-corrected chi connectivity index (χ4v) is 1.67. The Balaban J connectivity index is 2.35. The maximum absolute atomic E-state index is 9.86. The summed E-state index contributed by atoms with van der Waals surface area (Å²) in [6.07, 6.45) is 0.781. The molecule has 0 radical (unpaired) electrons. The van der Waals surface area contributed by atoms with Crippen LogP contribution in [0.3, 0.4) is 0 Å². The first-order valence-electron chi connectivity index (χ1n) is 6.11. The van der Waals surface area contributed by atoms with E-state index in [9.17, 15) is 5.11 Å². The summed E-state index contributed by atoms with van der Waals surface area (Å²) in [6, 6.07) is 9.34. The molecule has 98 valence electrons. The summed E-state index contributed by atoms with van der Waals surface area (Å²) in [4.78, 5) is 2.75. The number of aliphatic hydroxyl groups excluding tert-OH is 1. The van der Waals surface area contributed by atoms with Crippen LogP contribution in [0.5, 0.6) is 0 Å². The van der Waals surface area contributed by atoms with Crippen LogP contribution in [-0.2, 0) is 11.3 Å². The Bertz CT molecular complexity index is 377. The Morgan fingerprint density at radius 1 is 1.39 bits per heavy atom. The van der Waals surface area contributed by atoms with Crippen molar-refractivity contribution in [2.24, 2.45) is 5.11 Å². The summed E-state index contributed by atoms with van der Waals surface area (Å²) < 4.78 is 5.42. The zero-order valence-corrected chi connectivity index (χ0v) is 10.6. The van der Waals surface area contributed by atoms with Gasteiger partial charge in [-0.15, -0.1) is 0 Å². The van der Waals surface area contributed by atoms with E-state index in [1.807, 2.05) is 37.3 Å². The molecule has 0 bridgehead atoms. The quantitative estimate of drug-likeness (QED) is 0.436. The molecule has 1 rings (SSSR count). The van der Waals surface area contributed by atoms with Gasteiger partial charge in [0.05, 0.1) is 25.4 Å². The number of azide groups is 1. The number of rotatable bonds is 8. The van der Waals surface area contributed by atoms with Gasteiger partial charge in [-0.2, -0.15) is 0 Å². The molecule has 0 aromatic heterocycles. The third kappa shape index (κ3) is 5.19. The standard InChI is InChI=1S/C13H19N3O2/c1-2-6-12(15-16-14)13(17)10-18-9-11-7-4-3-5-8-11/h3-5,7-8,12-13,17H,2,6,9-10H2,1H3/t12-,13-/m0/s1. The van der Waals surface area contributed by atoms with Crippen molar-refractivity contribution in [3.05, 3.63) is 46.3 Å². The highest BCUT2D eigenvalue weighted by atomic mass is 16.5. The lowest BCUT2D eigenvalue weighted by atomic mass is 10.1. The fourth-order valence-electron chi connectivity index (χ4n) is 1.67. The van der Waals surface area contributed by atoms with E-state index in [1.165, 1.54) is 0 Å². The zero-order valence-electron chi connectivity index (χ0n) is 10.6. The van der Waals surface area contributed by atoms with Crippen molar-refractivity contribution in [3.8, 4) is 0 Å². The summed E-state index contributed by atoms with van der Waals surface area (Å²) >= 11 is 0. The van der Waals surface area contributed by atoms with Crippen molar-refractivity contribution in [2.75, 3.05) is 6.61 Å². The fraction of sp³-hybridized carbons (Fsp3) is 0.538. The van der Waals surface area contributed by atoms with Crippen LogP contribution in [-0.4, -0.2) is 23.9 Å². The van der Waals surface area contributed by atoms with E-state index >= 15 is 0 Å². The minimum Gasteiger partial charge on any atom is -0.390 e. The summed E-state index contributed by atoms with van der Waals surface area (Å²) in [7, 11) is 0. The second kappa shape index (κ2) is 8.53. The van der Waals surface area contributed by atoms with Crippen LogP contribution >= 0.6 is 0 Å². The van der Waals surface area contributed by atoms with Crippen molar-refractivity contribution in [1.82, 2.24) is 0 Å². The molecule has 5 nitrogen and oxygen atoms in total. The van der Waals surface area contributed by atoms with E-state index in [0.29, 0.717) is 13.0 Å². The third-order valence-corrected chi connectivity index (χ3v) is 2.63. The Morgan fingerprint density at radius 3 is 2.72 bits per heavy atom. The van der Waals surface area contributed by atoms with Gasteiger partial charge in [0.15, 0.2) is 0 Å². The van der Waals surface area contributed by atoms with Crippen LogP contribution in [0.25, 0.3) is 10.4 Å². The van der Waals surface area contributed by atoms with Crippen LogP contribution in [0.4, 0.5) is 0 Å². The van der Waals surface area contributed by atoms with Crippen LogP contribution in [0, 0.1) is 0 Å². The van der Waals surface area contributed by atoms with E-state index in [1.54, 1.807) is 0 Å². The normalized spacial score (nSPS) is 13.7. The molecule has 0 spiro atoms. The molecule has 0 aliphatic heterocycles. The Hall–Kier alpha value is -1.55. The lowest BCUT2D eigenvalue weighted by molar-refractivity contribution is 0.0146. The minimum atomic E-state index is -0.746. The van der Waals surface area contributed by atoms with E-state index in [-0.39, 0.29) is 6.61 Å². The average molecular weight is 249 g/mol. The van der Waals surface area contributed by atoms with Crippen molar-refractivity contribution < 1.29 is 9.84 Å². The largest absolute Gasteiger partial charge is 0.390 e. The molecule has 0 heterocycles. The second-order valence-corrected chi connectivity index (χ2v) is 4.13. The first-order chi connectivity index (χ1) is 8.77. The Labute approximate surface area is 107 Å². The van der Waals surface area contributed by atoms with Gasteiger partial charge in [-0.05, 0) is 17.5 Å². The molecule has 0 amide bonds. The van der Waals surface area contributed by atoms with E-state index in [4.69, 9.17) is 10.3 Å². The van der Waals surface area contributed by atoms with E-state index < -0.39 is 12.1 Å². The second-order valence-electron chi connectivity index (χ2n) is 4.13. The Kier molecular flexibility index (Phi) is 6.87. The molecule has 0 unspecified atom stereocenters. The highest BCUT2D eigenvalue weighted by Crippen LogP contribution is 2.09. The van der Waals surface area contributed by atoms with Crippen molar-refractivity contribution in [3.63, 3.8) is 0 Å². The first-order valence-corrected chi connectivity index (χ1v) is 6.11. The van der Waals surface area contributed by atoms with Gasteiger partial charge >= 0.3 is 0 Å². The molecule has 0 fully saturated rings. The number of nitrogens with zero attached hydrogens (tertiary/aromatic N) is 3. The van der Waals surface area contributed by atoms with Gasteiger partial charge in [0.25, 0.3) is 0 Å². The van der Waals surface area contributed by atoms with Gasteiger partial charge in [0.2, 0.25) is 0 Å². The van der Waals surface area contributed by atoms with E-state index in [2.05, 4.69) is 10.0 Å². The molecular formula is C13H19N3O2. The number of aliphatic hydroxyl groups is 1. The number of hydrogen-bond acceptors (Lipinski definition) is 3. The van der Waals surface area contributed by atoms with Gasteiger partial charge < -0.3 is 9.84 Å². The third-order valence-electron chi connectivity index (χ3n) is 2.63. The van der Waals surface area contributed by atoms with Gasteiger partial charge in [-0.25, -0.2) is 0 Å². The lowest BCUT2D eigenvalue weighted by Crippen LogP contribution is -2.28. The molecular weight excluding hydrogens is 230 g/mol. The smallest absolute Gasteiger partial charge is 0.0858 e. The topological polar surface area (TPSA) is 78.2 Å². The van der Waals surface area contributed by atoms with Crippen LogP contribution in [0.1, 0.15) is 25.3 Å². The summed E-state index contributed by atoms with van der Waals surface area (Å²) in [6.45, 7) is 2.61. The molecule has 18 heavy (non-hydrogen) atoms. The molecule has 0 saturated carbocycles. The molecule has 0 aliphatic rings. The summed E-state index contributed by atoms with van der Waals surface area (Å²) in [5.41, 5.74) is 9.48. The number of hydrogen-bond donors (Lipinski definition) is 1. The van der Waals surface area contributed by atoms with Crippen LogP contribution in [0.2, 0.25) is 0 Å². The lowest BCUT2D eigenvalue weighted by Gasteiger charge is -2.17. The predicted molar refractivity (Wildman–Crippen MR) is 69.9 cm³/mol. The zero-order chi connectivity index (χ0) is 13.2. The van der Waals surface area contributed by atoms with Crippen molar-refractivity contribution in [2.45, 2.75) is 38.5 Å². The molecule has 1 aromatic rings. The molecule has 0 aliphatic carbocycles. The maximum Gasteiger partial charge on any atom is 0.0858 e. The highest BCUT2D eigenvalue weighted by molar-refractivity contribution is 5.13. The monoisotopic (exact) mass is 249 g/mol. The predicted octanol–water partition coefficient (Wildman–Crippen LogP) is 3.04.